The van der Waals surface area contributed by atoms with Gasteiger partial charge in [0, 0.05) is 45.0 Å². The number of thioether (sulfide) groups is 1. The minimum atomic E-state index is 0.0412. The van der Waals surface area contributed by atoms with Crippen molar-refractivity contribution in [3.8, 4) is 5.69 Å². The van der Waals surface area contributed by atoms with Crippen molar-refractivity contribution in [2.45, 2.75) is 32.1 Å². The van der Waals surface area contributed by atoms with E-state index in [1.807, 2.05) is 48.3 Å². The van der Waals surface area contributed by atoms with Crippen LogP contribution < -0.4 is 4.90 Å². The zero-order valence-corrected chi connectivity index (χ0v) is 20.2. The highest BCUT2D eigenvalue weighted by molar-refractivity contribution is 7.99. The summed E-state index contributed by atoms with van der Waals surface area (Å²) >= 11 is 1.44. The van der Waals surface area contributed by atoms with Crippen molar-refractivity contribution < 1.29 is 9.53 Å². The molecule has 1 saturated heterocycles. The topological polar surface area (TPSA) is 81.3 Å². The molecule has 0 unspecified atom stereocenters. The van der Waals surface area contributed by atoms with E-state index < -0.39 is 0 Å². The molecule has 0 spiro atoms. The molecule has 0 bridgehead atoms. The average Bonchev–Trinajstić information content (AvgIpc) is 3.45. The molecule has 0 aliphatic carbocycles. The average molecular weight is 470 g/mol. The summed E-state index contributed by atoms with van der Waals surface area (Å²) in [6.07, 6.45) is 3.76. The highest BCUT2D eigenvalue weighted by Crippen LogP contribution is 2.24. The van der Waals surface area contributed by atoms with E-state index in [-0.39, 0.29) is 5.91 Å². The Labute approximate surface area is 198 Å². The summed E-state index contributed by atoms with van der Waals surface area (Å²) in [6.45, 7) is 8.66. The van der Waals surface area contributed by atoms with E-state index in [0.717, 1.165) is 42.0 Å². The number of amides is 1. The monoisotopic (exact) mass is 469 g/mol. The number of rotatable bonds is 9. The molecule has 0 saturated carbocycles. The van der Waals surface area contributed by atoms with Crippen LogP contribution in [-0.2, 0) is 22.6 Å². The van der Waals surface area contributed by atoms with Crippen LogP contribution in [0.4, 0.5) is 5.95 Å². The summed E-state index contributed by atoms with van der Waals surface area (Å²) in [4.78, 5) is 16.8. The fourth-order valence-corrected chi connectivity index (χ4v) is 4.56. The molecule has 0 N–H and O–H groups in total. The molecular weight excluding hydrogens is 438 g/mol. The van der Waals surface area contributed by atoms with Crippen LogP contribution in [0, 0.1) is 5.92 Å². The summed E-state index contributed by atoms with van der Waals surface area (Å²) < 4.78 is 9.43. The number of para-hydroxylation sites is 1. The Bertz CT molecular complexity index is 1040. The van der Waals surface area contributed by atoms with Crippen molar-refractivity contribution in [1.82, 2.24) is 29.4 Å². The van der Waals surface area contributed by atoms with Crippen molar-refractivity contribution in [2.24, 2.45) is 5.92 Å². The van der Waals surface area contributed by atoms with Crippen LogP contribution in [0.3, 0.4) is 0 Å². The van der Waals surface area contributed by atoms with Crippen LogP contribution in [0.25, 0.3) is 5.69 Å². The molecule has 4 rings (SSSR count). The summed E-state index contributed by atoms with van der Waals surface area (Å²) in [7, 11) is 1.82. The number of anilines is 1. The first-order valence-corrected chi connectivity index (χ1v) is 12.2. The molecule has 3 heterocycles. The molecule has 1 aliphatic rings. The fraction of sp³-hybridized carbons (Fsp3) is 0.478. The highest BCUT2D eigenvalue weighted by atomic mass is 32.2. The number of nitrogens with zero attached hydrogens (tertiary/aromatic N) is 7. The van der Waals surface area contributed by atoms with Crippen LogP contribution in [-0.4, -0.2) is 74.5 Å². The standard InChI is InChI=1S/C23H31N7O2S/c1-18(2)14-29-22(28-9-11-32-12-10-28)25-26-23(29)33-17-21(31)27(3)15-19-13-24-30(16-19)20-7-5-4-6-8-20/h4-8,13,16,18H,9-12,14-15,17H2,1-3H3. The maximum absolute atomic E-state index is 12.8. The molecule has 176 valence electrons. The number of ether oxygens (including phenoxy) is 1. The number of carbonyl (C=O) groups is 1. The first kappa shape index (κ1) is 23.3. The normalized spacial score (nSPS) is 14.1. The van der Waals surface area contributed by atoms with Crippen molar-refractivity contribution >= 4 is 23.6 Å². The molecule has 2 aromatic heterocycles. The SMILES string of the molecule is CC(C)Cn1c(SCC(=O)N(C)Cc2cnn(-c3ccccc3)c2)nnc1N1CCOCC1. The van der Waals surface area contributed by atoms with Crippen molar-refractivity contribution in [2.75, 3.05) is 44.0 Å². The summed E-state index contributed by atoms with van der Waals surface area (Å²) in [5, 5.41) is 14.0. The summed E-state index contributed by atoms with van der Waals surface area (Å²) in [5.41, 5.74) is 1.98. The Morgan fingerprint density at radius 3 is 2.67 bits per heavy atom. The van der Waals surface area contributed by atoms with Gasteiger partial charge in [0.05, 0.1) is 30.9 Å². The van der Waals surface area contributed by atoms with Gasteiger partial charge < -0.3 is 14.5 Å². The number of aromatic nitrogens is 5. The quantitative estimate of drug-likeness (QED) is 0.446. The van der Waals surface area contributed by atoms with Gasteiger partial charge in [-0.2, -0.15) is 5.10 Å². The van der Waals surface area contributed by atoms with E-state index in [4.69, 9.17) is 4.74 Å². The molecule has 1 aromatic carbocycles. The smallest absolute Gasteiger partial charge is 0.233 e. The zero-order chi connectivity index (χ0) is 23.2. The molecule has 0 atom stereocenters. The van der Waals surface area contributed by atoms with E-state index in [9.17, 15) is 4.79 Å². The van der Waals surface area contributed by atoms with E-state index >= 15 is 0 Å². The van der Waals surface area contributed by atoms with Gasteiger partial charge in [0.25, 0.3) is 0 Å². The van der Waals surface area contributed by atoms with Gasteiger partial charge in [0.1, 0.15) is 0 Å². The lowest BCUT2D eigenvalue weighted by molar-refractivity contribution is -0.127. The van der Waals surface area contributed by atoms with Gasteiger partial charge in [0.2, 0.25) is 11.9 Å². The van der Waals surface area contributed by atoms with Gasteiger partial charge >= 0.3 is 0 Å². The first-order chi connectivity index (χ1) is 16.0. The van der Waals surface area contributed by atoms with Crippen molar-refractivity contribution in [3.05, 3.63) is 48.3 Å². The lowest BCUT2D eigenvalue weighted by Gasteiger charge is -2.28. The fourth-order valence-electron chi connectivity index (χ4n) is 3.67. The summed E-state index contributed by atoms with van der Waals surface area (Å²) in [5.74, 6) is 1.66. The second kappa shape index (κ2) is 10.8. The van der Waals surface area contributed by atoms with Crippen LogP contribution >= 0.6 is 11.8 Å². The lowest BCUT2D eigenvalue weighted by atomic mass is 10.2. The number of hydrogen-bond acceptors (Lipinski definition) is 7. The van der Waals surface area contributed by atoms with Crippen LogP contribution in [0.1, 0.15) is 19.4 Å². The molecular formula is C23H31N7O2S. The molecule has 3 aromatic rings. The number of benzene rings is 1. The van der Waals surface area contributed by atoms with E-state index in [0.29, 0.717) is 31.4 Å². The first-order valence-electron chi connectivity index (χ1n) is 11.2. The maximum Gasteiger partial charge on any atom is 0.233 e. The third-order valence-corrected chi connectivity index (χ3v) is 6.32. The minimum Gasteiger partial charge on any atom is -0.378 e. The second-order valence-corrected chi connectivity index (χ2v) is 9.50. The molecule has 1 aliphatic heterocycles. The van der Waals surface area contributed by atoms with E-state index in [1.165, 1.54) is 11.8 Å². The van der Waals surface area contributed by atoms with Crippen LogP contribution in [0.5, 0.6) is 0 Å². The predicted octanol–water partition coefficient (Wildman–Crippen LogP) is 2.71. The third kappa shape index (κ3) is 5.94. The molecule has 33 heavy (non-hydrogen) atoms. The van der Waals surface area contributed by atoms with Crippen molar-refractivity contribution in [3.63, 3.8) is 0 Å². The lowest BCUT2D eigenvalue weighted by Crippen LogP contribution is -2.38. The Hall–Kier alpha value is -2.85. The van der Waals surface area contributed by atoms with Gasteiger partial charge in [-0.1, -0.05) is 43.8 Å². The van der Waals surface area contributed by atoms with Gasteiger partial charge in [-0.15, -0.1) is 10.2 Å². The molecule has 1 fully saturated rings. The summed E-state index contributed by atoms with van der Waals surface area (Å²) in [6, 6.07) is 9.93. The Balaban J connectivity index is 1.37. The highest BCUT2D eigenvalue weighted by Gasteiger charge is 2.22. The minimum absolute atomic E-state index is 0.0412. The molecule has 0 radical (unpaired) electrons. The maximum atomic E-state index is 12.8. The van der Waals surface area contributed by atoms with Crippen LogP contribution in [0.2, 0.25) is 0 Å². The predicted molar refractivity (Wildman–Crippen MR) is 129 cm³/mol. The number of hydrogen-bond donors (Lipinski definition) is 0. The van der Waals surface area contributed by atoms with E-state index in [2.05, 4.69) is 38.6 Å². The second-order valence-electron chi connectivity index (χ2n) is 8.55. The Kier molecular flexibility index (Phi) is 7.66. The number of carbonyl (C=O) groups excluding carboxylic acids is 1. The Morgan fingerprint density at radius 1 is 1.18 bits per heavy atom. The molecule has 10 heteroatoms. The largest absolute Gasteiger partial charge is 0.378 e. The number of morpholine rings is 1. The van der Waals surface area contributed by atoms with Gasteiger partial charge in [-0.25, -0.2) is 4.68 Å². The zero-order valence-electron chi connectivity index (χ0n) is 19.4. The van der Waals surface area contributed by atoms with E-state index in [1.54, 1.807) is 11.1 Å². The Morgan fingerprint density at radius 2 is 1.94 bits per heavy atom. The van der Waals surface area contributed by atoms with Gasteiger partial charge in [-0.05, 0) is 18.1 Å². The van der Waals surface area contributed by atoms with Gasteiger partial charge in [-0.3, -0.25) is 9.36 Å². The molecule has 1 amide bonds. The van der Waals surface area contributed by atoms with Crippen LogP contribution in [0.15, 0.2) is 47.9 Å². The third-order valence-electron chi connectivity index (χ3n) is 5.37. The molecule has 9 nitrogen and oxygen atoms in total. The van der Waals surface area contributed by atoms with Gasteiger partial charge in [0.15, 0.2) is 5.16 Å². The van der Waals surface area contributed by atoms with Crippen molar-refractivity contribution in [1.29, 1.82) is 0 Å².